The minimum absolute atomic E-state index is 0.0191. The van der Waals surface area contributed by atoms with Crippen molar-refractivity contribution in [2.45, 2.75) is 39.2 Å². The van der Waals surface area contributed by atoms with Gasteiger partial charge in [0, 0.05) is 50.2 Å². The Kier molecular flexibility index (Phi) is 8.72. The first-order valence-corrected chi connectivity index (χ1v) is 13.1. The van der Waals surface area contributed by atoms with E-state index in [4.69, 9.17) is 16.3 Å². The molecule has 0 bridgehead atoms. The van der Waals surface area contributed by atoms with Gasteiger partial charge in [0.15, 0.2) is 5.75 Å². The number of benzene rings is 3. The maximum atomic E-state index is 13.0. The van der Waals surface area contributed by atoms with E-state index in [0.29, 0.717) is 23.1 Å². The SMILES string of the molecule is CC(=O)N1CCC(CC(=O)N(C)c2cccc(C(C)Nc3ccccc3Oc3ccc(Cl)cc3)c2)CC1. The Morgan fingerprint density at radius 1 is 1.05 bits per heavy atom. The number of amides is 2. The van der Waals surface area contributed by atoms with Gasteiger partial charge in [-0.05, 0) is 79.8 Å². The van der Waals surface area contributed by atoms with E-state index >= 15 is 0 Å². The maximum absolute atomic E-state index is 13.0. The van der Waals surface area contributed by atoms with Crippen LogP contribution in [0.3, 0.4) is 0 Å². The van der Waals surface area contributed by atoms with Crippen molar-refractivity contribution in [1.29, 1.82) is 0 Å². The van der Waals surface area contributed by atoms with E-state index in [1.54, 1.807) is 24.0 Å². The third-order valence-corrected chi connectivity index (χ3v) is 7.21. The molecule has 1 fully saturated rings. The first kappa shape index (κ1) is 26.6. The molecule has 1 aliphatic rings. The van der Waals surface area contributed by atoms with Gasteiger partial charge in [-0.1, -0.05) is 35.9 Å². The Bertz CT molecular complexity index is 1220. The van der Waals surface area contributed by atoms with Crippen molar-refractivity contribution in [2.24, 2.45) is 5.92 Å². The van der Waals surface area contributed by atoms with Crippen LogP contribution >= 0.6 is 11.6 Å². The summed E-state index contributed by atoms with van der Waals surface area (Å²) in [7, 11) is 1.83. The second-order valence-electron chi connectivity index (χ2n) is 9.62. The molecule has 194 valence electrons. The minimum atomic E-state index is -0.0191. The summed E-state index contributed by atoms with van der Waals surface area (Å²) in [6.07, 6.45) is 2.24. The highest BCUT2D eigenvalue weighted by molar-refractivity contribution is 6.30. The Labute approximate surface area is 224 Å². The van der Waals surface area contributed by atoms with Gasteiger partial charge in [-0.3, -0.25) is 9.59 Å². The van der Waals surface area contributed by atoms with Crippen LogP contribution in [-0.2, 0) is 9.59 Å². The van der Waals surface area contributed by atoms with Crippen LogP contribution in [0.5, 0.6) is 11.5 Å². The highest BCUT2D eigenvalue weighted by Gasteiger charge is 2.24. The van der Waals surface area contributed by atoms with Gasteiger partial charge in [-0.2, -0.15) is 0 Å². The number of anilines is 2. The molecular weight excluding hydrogens is 486 g/mol. The summed E-state index contributed by atoms with van der Waals surface area (Å²) in [4.78, 5) is 28.2. The molecule has 1 aliphatic heterocycles. The van der Waals surface area contributed by atoms with Gasteiger partial charge < -0.3 is 19.9 Å². The number of carbonyl (C=O) groups is 2. The maximum Gasteiger partial charge on any atom is 0.226 e. The fourth-order valence-electron chi connectivity index (χ4n) is 4.60. The molecule has 0 spiro atoms. The summed E-state index contributed by atoms with van der Waals surface area (Å²) < 4.78 is 6.09. The van der Waals surface area contributed by atoms with Crippen molar-refractivity contribution in [1.82, 2.24) is 4.90 Å². The number of ether oxygens (including phenoxy) is 1. The monoisotopic (exact) mass is 519 g/mol. The number of nitrogens with zero attached hydrogens (tertiary/aromatic N) is 2. The van der Waals surface area contributed by atoms with Gasteiger partial charge in [0.1, 0.15) is 5.75 Å². The van der Waals surface area contributed by atoms with Gasteiger partial charge in [0.05, 0.1) is 5.69 Å². The average Bonchev–Trinajstić information content (AvgIpc) is 2.91. The molecule has 0 aromatic heterocycles. The lowest BCUT2D eigenvalue weighted by Crippen LogP contribution is -2.38. The van der Waals surface area contributed by atoms with Gasteiger partial charge >= 0.3 is 0 Å². The first-order chi connectivity index (χ1) is 17.8. The van der Waals surface area contributed by atoms with E-state index in [2.05, 4.69) is 24.4 Å². The fraction of sp³-hybridized carbons (Fsp3) is 0.333. The molecule has 1 saturated heterocycles. The molecule has 37 heavy (non-hydrogen) atoms. The van der Waals surface area contributed by atoms with Crippen molar-refractivity contribution in [3.63, 3.8) is 0 Å². The van der Waals surface area contributed by atoms with Crippen LogP contribution in [0.2, 0.25) is 5.02 Å². The van der Waals surface area contributed by atoms with Crippen molar-refractivity contribution in [2.75, 3.05) is 30.4 Å². The molecule has 2 amide bonds. The number of para-hydroxylation sites is 2. The van der Waals surface area contributed by atoms with Gasteiger partial charge in [0.2, 0.25) is 11.8 Å². The van der Waals surface area contributed by atoms with Crippen LogP contribution in [-0.4, -0.2) is 36.9 Å². The Morgan fingerprint density at radius 2 is 1.76 bits per heavy atom. The van der Waals surface area contributed by atoms with Crippen LogP contribution in [0.4, 0.5) is 11.4 Å². The summed E-state index contributed by atoms with van der Waals surface area (Å²) in [6.45, 7) is 5.16. The average molecular weight is 520 g/mol. The third-order valence-electron chi connectivity index (χ3n) is 6.96. The number of carbonyl (C=O) groups excluding carboxylic acids is 2. The largest absolute Gasteiger partial charge is 0.455 e. The molecule has 3 aromatic carbocycles. The molecule has 4 rings (SSSR count). The van der Waals surface area contributed by atoms with Crippen molar-refractivity contribution < 1.29 is 14.3 Å². The van der Waals surface area contributed by atoms with Crippen molar-refractivity contribution >= 4 is 34.8 Å². The number of nitrogens with one attached hydrogen (secondary N) is 1. The Morgan fingerprint density at radius 3 is 2.46 bits per heavy atom. The lowest BCUT2D eigenvalue weighted by molar-refractivity contribution is -0.130. The van der Waals surface area contributed by atoms with Crippen LogP contribution in [0.1, 0.15) is 44.7 Å². The number of hydrogen-bond acceptors (Lipinski definition) is 4. The highest BCUT2D eigenvalue weighted by Crippen LogP contribution is 2.33. The lowest BCUT2D eigenvalue weighted by Gasteiger charge is -2.31. The van der Waals surface area contributed by atoms with E-state index in [0.717, 1.165) is 48.6 Å². The molecule has 6 nitrogen and oxygen atoms in total. The highest BCUT2D eigenvalue weighted by atomic mass is 35.5. The van der Waals surface area contributed by atoms with Crippen LogP contribution < -0.4 is 15.0 Å². The van der Waals surface area contributed by atoms with Crippen molar-refractivity contribution in [3.05, 3.63) is 83.4 Å². The molecule has 0 saturated carbocycles. The quantitative estimate of drug-likeness (QED) is 0.351. The summed E-state index contributed by atoms with van der Waals surface area (Å²) in [5.74, 6) is 1.95. The van der Waals surface area contributed by atoms with E-state index in [1.807, 2.05) is 60.5 Å². The Balaban J connectivity index is 1.39. The zero-order valence-corrected chi connectivity index (χ0v) is 22.4. The predicted molar refractivity (Wildman–Crippen MR) is 149 cm³/mol. The van der Waals surface area contributed by atoms with Gasteiger partial charge in [-0.15, -0.1) is 0 Å². The van der Waals surface area contributed by atoms with Gasteiger partial charge in [-0.25, -0.2) is 0 Å². The minimum Gasteiger partial charge on any atom is -0.455 e. The molecule has 1 atom stereocenters. The molecule has 1 heterocycles. The molecule has 0 radical (unpaired) electrons. The zero-order valence-electron chi connectivity index (χ0n) is 21.6. The van der Waals surface area contributed by atoms with E-state index in [-0.39, 0.29) is 17.9 Å². The molecular formula is C30H34ClN3O3. The summed E-state index contributed by atoms with van der Waals surface area (Å²) in [5, 5.41) is 4.21. The molecule has 0 aliphatic carbocycles. The summed E-state index contributed by atoms with van der Waals surface area (Å²) in [6, 6.07) is 23.1. The van der Waals surface area contributed by atoms with E-state index < -0.39 is 0 Å². The van der Waals surface area contributed by atoms with Crippen molar-refractivity contribution in [3.8, 4) is 11.5 Å². The summed E-state index contributed by atoms with van der Waals surface area (Å²) in [5.41, 5.74) is 2.80. The van der Waals surface area contributed by atoms with Gasteiger partial charge in [0.25, 0.3) is 0 Å². The van der Waals surface area contributed by atoms with Crippen LogP contribution in [0.25, 0.3) is 0 Å². The number of halogens is 1. The third kappa shape index (κ3) is 7.04. The second-order valence-corrected chi connectivity index (χ2v) is 10.1. The number of hydrogen-bond donors (Lipinski definition) is 1. The topological polar surface area (TPSA) is 61.9 Å². The fourth-order valence-corrected chi connectivity index (χ4v) is 4.73. The number of rotatable bonds is 8. The number of piperidine rings is 1. The van der Waals surface area contributed by atoms with E-state index in [1.165, 1.54) is 0 Å². The second kappa shape index (κ2) is 12.2. The van der Waals surface area contributed by atoms with Crippen LogP contribution in [0, 0.1) is 5.92 Å². The predicted octanol–water partition coefficient (Wildman–Crippen LogP) is 6.92. The van der Waals surface area contributed by atoms with Crippen LogP contribution in [0.15, 0.2) is 72.8 Å². The van der Waals surface area contributed by atoms with E-state index in [9.17, 15) is 9.59 Å². The first-order valence-electron chi connectivity index (χ1n) is 12.7. The molecule has 1 unspecified atom stereocenters. The normalized spacial score (nSPS) is 14.6. The zero-order chi connectivity index (χ0) is 26.4. The Hall–Kier alpha value is -3.51. The molecule has 1 N–H and O–H groups in total. The number of likely N-dealkylation sites (tertiary alicyclic amines) is 1. The lowest BCUT2D eigenvalue weighted by atomic mass is 9.93. The standard InChI is InChI=1S/C30H34ClN3O3/c1-21(32-28-9-4-5-10-29(28)37-27-13-11-25(31)12-14-27)24-7-6-8-26(20-24)33(3)30(36)19-23-15-17-34(18-16-23)22(2)35/h4-14,20-21,23,32H,15-19H2,1-3H3. The smallest absolute Gasteiger partial charge is 0.226 e. The molecule has 7 heteroatoms. The summed E-state index contributed by atoms with van der Waals surface area (Å²) >= 11 is 6.00. The molecule has 3 aromatic rings.